The standard InChI is InChI=1S/C8H15N3/c1-6-7(2)11(4)8(10-6)5-9-3/h9H,5H2,1-4H3. The topological polar surface area (TPSA) is 29.9 Å². The van der Waals surface area contributed by atoms with E-state index < -0.39 is 0 Å². The maximum atomic E-state index is 4.40. The molecule has 0 amide bonds. The lowest BCUT2D eigenvalue weighted by molar-refractivity contribution is 0.700. The van der Waals surface area contributed by atoms with Crippen LogP contribution in [0.1, 0.15) is 17.2 Å². The Hall–Kier alpha value is -0.830. The molecule has 3 heteroatoms. The zero-order valence-electron chi connectivity index (χ0n) is 7.60. The predicted octanol–water partition coefficient (Wildman–Crippen LogP) is 0.756. The maximum Gasteiger partial charge on any atom is 0.122 e. The first-order valence-corrected chi connectivity index (χ1v) is 3.80. The zero-order chi connectivity index (χ0) is 8.43. The van der Waals surface area contributed by atoms with E-state index in [1.807, 2.05) is 21.0 Å². The Labute approximate surface area is 67.4 Å². The number of hydrogen-bond donors (Lipinski definition) is 1. The average Bonchev–Trinajstić information content (AvgIpc) is 2.19. The largest absolute Gasteiger partial charge is 0.334 e. The molecular formula is C8H15N3. The van der Waals surface area contributed by atoms with Gasteiger partial charge in [0.15, 0.2) is 0 Å². The first-order valence-electron chi connectivity index (χ1n) is 3.80. The summed E-state index contributed by atoms with van der Waals surface area (Å²) in [5.41, 5.74) is 2.37. The van der Waals surface area contributed by atoms with Crippen LogP contribution < -0.4 is 5.32 Å². The molecule has 0 aliphatic heterocycles. The van der Waals surface area contributed by atoms with Crippen molar-refractivity contribution < 1.29 is 0 Å². The van der Waals surface area contributed by atoms with Gasteiger partial charge in [0.05, 0.1) is 12.2 Å². The lowest BCUT2D eigenvalue weighted by Crippen LogP contribution is -2.10. The van der Waals surface area contributed by atoms with Crippen LogP contribution >= 0.6 is 0 Å². The summed E-state index contributed by atoms with van der Waals surface area (Å²) in [5.74, 6) is 1.10. The van der Waals surface area contributed by atoms with E-state index in [-0.39, 0.29) is 0 Å². The van der Waals surface area contributed by atoms with E-state index in [4.69, 9.17) is 0 Å². The Bertz CT molecular complexity index is 250. The van der Waals surface area contributed by atoms with Gasteiger partial charge in [0.2, 0.25) is 0 Å². The van der Waals surface area contributed by atoms with Crippen LogP contribution in [0, 0.1) is 13.8 Å². The van der Waals surface area contributed by atoms with Gasteiger partial charge in [0, 0.05) is 12.7 Å². The molecule has 0 aromatic carbocycles. The molecule has 0 radical (unpaired) electrons. The molecule has 0 aliphatic carbocycles. The zero-order valence-corrected chi connectivity index (χ0v) is 7.60. The number of rotatable bonds is 2. The second-order valence-corrected chi connectivity index (χ2v) is 2.79. The van der Waals surface area contributed by atoms with Gasteiger partial charge >= 0.3 is 0 Å². The summed E-state index contributed by atoms with van der Waals surface area (Å²) >= 11 is 0. The Balaban J connectivity index is 2.98. The summed E-state index contributed by atoms with van der Waals surface area (Å²) in [6.45, 7) is 4.96. The SMILES string of the molecule is CNCc1nc(C)c(C)n1C. The van der Waals surface area contributed by atoms with Crippen LogP contribution in [0.4, 0.5) is 0 Å². The van der Waals surface area contributed by atoms with Crippen molar-refractivity contribution in [1.82, 2.24) is 14.9 Å². The van der Waals surface area contributed by atoms with Crippen molar-refractivity contribution in [3.05, 3.63) is 17.2 Å². The summed E-state index contributed by atoms with van der Waals surface area (Å²) < 4.78 is 2.12. The maximum absolute atomic E-state index is 4.40. The molecule has 0 bridgehead atoms. The second-order valence-electron chi connectivity index (χ2n) is 2.79. The fourth-order valence-corrected chi connectivity index (χ4v) is 1.10. The minimum atomic E-state index is 0.838. The molecule has 1 rings (SSSR count). The minimum absolute atomic E-state index is 0.838. The van der Waals surface area contributed by atoms with E-state index in [1.165, 1.54) is 5.69 Å². The minimum Gasteiger partial charge on any atom is -0.334 e. The highest BCUT2D eigenvalue weighted by Crippen LogP contribution is 2.06. The summed E-state index contributed by atoms with van der Waals surface area (Å²) in [7, 11) is 3.97. The summed E-state index contributed by atoms with van der Waals surface area (Å²) in [6.07, 6.45) is 0. The number of aryl methyl sites for hydroxylation is 1. The Morgan fingerprint density at radius 3 is 2.45 bits per heavy atom. The molecule has 1 heterocycles. The molecule has 0 saturated carbocycles. The van der Waals surface area contributed by atoms with Gasteiger partial charge in [-0.15, -0.1) is 0 Å². The van der Waals surface area contributed by atoms with Crippen LogP contribution in [0.2, 0.25) is 0 Å². The molecule has 0 spiro atoms. The Morgan fingerprint density at radius 2 is 2.09 bits per heavy atom. The number of imidazole rings is 1. The van der Waals surface area contributed by atoms with Crippen molar-refractivity contribution in [1.29, 1.82) is 0 Å². The van der Waals surface area contributed by atoms with Crippen LogP contribution in [0.3, 0.4) is 0 Å². The normalized spacial score (nSPS) is 10.5. The average molecular weight is 153 g/mol. The van der Waals surface area contributed by atoms with E-state index >= 15 is 0 Å². The quantitative estimate of drug-likeness (QED) is 0.679. The Morgan fingerprint density at radius 1 is 1.45 bits per heavy atom. The molecule has 0 unspecified atom stereocenters. The van der Waals surface area contributed by atoms with Gasteiger partial charge in [-0.1, -0.05) is 0 Å². The third-order valence-corrected chi connectivity index (χ3v) is 2.05. The smallest absolute Gasteiger partial charge is 0.122 e. The van der Waals surface area contributed by atoms with E-state index in [0.717, 1.165) is 18.1 Å². The van der Waals surface area contributed by atoms with Crippen molar-refractivity contribution in [2.24, 2.45) is 7.05 Å². The van der Waals surface area contributed by atoms with E-state index in [0.29, 0.717) is 0 Å². The molecule has 0 aliphatic rings. The molecule has 1 aromatic heterocycles. The molecule has 1 N–H and O–H groups in total. The highest BCUT2D eigenvalue weighted by Gasteiger charge is 2.04. The van der Waals surface area contributed by atoms with Crippen molar-refractivity contribution in [3.63, 3.8) is 0 Å². The molecule has 1 aromatic rings. The number of nitrogens with one attached hydrogen (secondary N) is 1. The van der Waals surface area contributed by atoms with Gasteiger partial charge in [0.25, 0.3) is 0 Å². The van der Waals surface area contributed by atoms with Gasteiger partial charge in [-0.25, -0.2) is 4.98 Å². The monoisotopic (exact) mass is 153 g/mol. The molecular weight excluding hydrogens is 138 g/mol. The van der Waals surface area contributed by atoms with E-state index in [9.17, 15) is 0 Å². The van der Waals surface area contributed by atoms with Gasteiger partial charge in [0.1, 0.15) is 5.82 Å². The molecule has 62 valence electrons. The van der Waals surface area contributed by atoms with E-state index in [1.54, 1.807) is 0 Å². The third kappa shape index (κ3) is 1.43. The third-order valence-electron chi connectivity index (χ3n) is 2.05. The van der Waals surface area contributed by atoms with Crippen LogP contribution in [-0.4, -0.2) is 16.6 Å². The number of hydrogen-bond acceptors (Lipinski definition) is 2. The van der Waals surface area contributed by atoms with Gasteiger partial charge in [-0.3, -0.25) is 0 Å². The Kier molecular flexibility index (Phi) is 2.29. The molecule has 3 nitrogen and oxygen atoms in total. The first-order chi connectivity index (χ1) is 5.16. The summed E-state index contributed by atoms with van der Waals surface area (Å²) in [5, 5.41) is 3.08. The predicted molar refractivity (Wildman–Crippen MR) is 45.4 cm³/mol. The molecule has 11 heavy (non-hydrogen) atoms. The van der Waals surface area contributed by atoms with Crippen molar-refractivity contribution >= 4 is 0 Å². The lowest BCUT2D eigenvalue weighted by Gasteiger charge is -2.00. The summed E-state index contributed by atoms with van der Waals surface area (Å²) in [4.78, 5) is 4.40. The van der Waals surface area contributed by atoms with Gasteiger partial charge < -0.3 is 9.88 Å². The molecule has 0 atom stereocenters. The van der Waals surface area contributed by atoms with Crippen molar-refractivity contribution in [3.8, 4) is 0 Å². The van der Waals surface area contributed by atoms with Gasteiger partial charge in [-0.05, 0) is 20.9 Å². The van der Waals surface area contributed by atoms with Crippen LogP contribution in [-0.2, 0) is 13.6 Å². The van der Waals surface area contributed by atoms with Crippen LogP contribution in [0.5, 0.6) is 0 Å². The van der Waals surface area contributed by atoms with Crippen LogP contribution in [0.15, 0.2) is 0 Å². The second kappa shape index (κ2) is 3.05. The van der Waals surface area contributed by atoms with Crippen molar-refractivity contribution in [2.75, 3.05) is 7.05 Å². The number of aromatic nitrogens is 2. The van der Waals surface area contributed by atoms with Crippen molar-refractivity contribution in [2.45, 2.75) is 20.4 Å². The molecule has 0 fully saturated rings. The highest BCUT2D eigenvalue weighted by molar-refractivity contribution is 5.13. The molecule has 0 saturated heterocycles. The van der Waals surface area contributed by atoms with E-state index in [2.05, 4.69) is 21.8 Å². The highest BCUT2D eigenvalue weighted by atomic mass is 15.1. The first kappa shape index (κ1) is 8.27. The van der Waals surface area contributed by atoms with Gasteiger partial charge in [-0.2, -0.15) is 0 Å². The fourth-order valence-electron chi connectivity index (χ4n) is 1.10. The number of nitrogens with zero attached hydrogens (tertiary/aromatic N) is 2. The summed E-state index contributed by atoms with van der Waals surface area (Å²) in [6, 6.07) is 0. The van der Waals surface area contributed by atoms with Crippen LogP contribution in [0.25, 0.3) is 0 Å². The fraction of sp³-hybridized carbons (Fsp3) is 0.625. The lowest BCUT2D eigenvalue weighted by atomic mass is 10.4.